The van der Waals surface area contributed by atoms with E-state index in [-0.39, 0.29) is 6.61 Å². The van der Waals surface area contributed by atoms with Gasteiger partial charge >= 0.3 is 6.09 Å². The normalized spacial score (nSPS) is 10.6. The summed E-state index contributed by atoms with van der Waals surface area (Å²) in [6.45, 7) is 4.99. The van der Waals surface area contributed by atoms with Crippen LogP contribution in [-0.4, -0.2) is 72.1 Å². The lowest BCUT2D eigenvalue weighted by Gasteiger charge is -2.09. The second-order valence-electron chi connectivity index (χ2n) is 6.60. The standard InChI is InChI=1S/C24H33NO7/c26-24(32-21-22-7-3-1-4-8-22)25-11-12-27-13-14-28-15-16-29-17-18-30-19-20-31-23-9-5-2-6-10-23/h1-10H,11-21H2,(H,25,26). The highest BCUT2D eigenvalue weighted by atomic mass is 16.6. The molecule has 8 nitrogen and oxygen atoms in total. The minimum Gasteiger partial charge on any atom is -0.491 e. The van der Waals surface area contributed by atoms with E-state index in [1.807, 2.05) is 60.7 Å². The number of rotatable bonds is 18. The van der Waals surface area contributed by atoms with Crippen LogP contribution in [0.2, 0.25) is 0 Å². The smallest absolute Gasteiger partial charge is 0.407 e. The van der Waals surface area contributed by atoms with Crippen LogP contribution in [0.5, 0.6) is 5.75 Å². The molecule has 0 spiro atoms. The number of hydrogen-bond donors (Lipinski definition) is 1. The first-order chi connectivity index (χ1) is 15.8. The first kappa shape index (κ1) is 25.6. The van der Waals surface area contributed by atoms with Gasteiger partial charge in [0.25, 0.3) is 0 Å². The van der Waals surface area contributed by atoms with Crippen LogP contribution in [0.4, 0.5) is 4.79 Å². The van der Waals surface area contributed by atoms with Crippen molar-refractivity contribution in [1.82, 2.24) is 5.32 Å². The van der Waals surface area contributed by atoms with Crippen molar-refractivity contribution in [2.24, 2.45) is 0 Å². The van der Waals surface area contributed by atoms with Gasteiger partial charge < -0.3 is 33.7 Å². The Balaban J connectivity index is 1.25. The molecule has 1 amide bonds. The number of benzene rings is 2. The molecule has 0 saturated heterocycles. The number of hydrogen-bond acceptors (Lipinski definition) is 7. The first-order valence-corrected chi connectivity index (χ1v) is 10.8. The lowest BCUT2D eigenvalue weighted by Crippen LogP contribution is -2.28. The molecule has 0 radical (unpaired) electrons. The SMILES string of the molecule is O=C(NCCOCCOCCOCCOCCOc1ccccc1)OCc1ccccc1. The maximum atomic E-state index is 11.6. The fourth-order valence-electron chi connectivity index (χ4n) is 2.50. The number of carbonyl (C=O) groups is 1. The minimum absolute atomic E-state index is 0.248. The van der Waals surface area contributed by atoms with Crippen molar-refractivity contribution in [3.8, 4) is 5.75 Å². The van der Waals surface area contributed by atoms with E-state index in [1.165, 1.54) is 0 Å². The molecule has 0 bridgehead atoms. The number of para-hydroxylation sites is 1. The number of amides is 1. The Morgan fingerprint density at radius 2 is 1.12 bits per heavy atom. The highest BCUT2D eigenvalue weighted by molar-refractivity contribution is 5.67. The predicted octanol–water partition coefficient (Wildman–Crippen LogP) is 3.06. The highest BCUT2D eigenvalue weighted by Gasteiger charge is 2.01. The van der Waals surface area contributed by atoms with Gasteiger partial charge in [-0.1, -0.05) is 48.5 Å². The molecule has 0 atom stereocenters. The molecule has 0 aromatic heterocycles. The van der Waals surface area contributed by atoms with Gasteiger partial charge in [-0.15, -0.1) is 0 Å². The van der Waals surface area contributed by atoms with Crippen molar-refractivity contribution in [3.63, 3.8) is 0 Å². The molecular formula is C24H33NO7. The maximum Gasteiger partial charge on any atom is 0.407 e. The molecule has 0 heterocycles. The molecule has 0 aliphatic heterocycles. The lowest BCUT2D eigenvalue weighted by molar-refractivity contribution is -0.00428. The van der Waals surface area contributed by atoms with Crippen molar-refractivity contribution >= 4 is 6.09 Å². The Hall–Kier alpha value is -2.65. The van der Waals surface area contributed by atoms with Crippen LogP contribution in [0.15, 0.2) is 60.7 Å². The lowest BCUT2D eigenvalue weighted by atomic mass is 10.2. The van der Waals surface area contributed by atoms with E-state index in [0.717, 1.165) is 11.3 Å². The summed E-state index contributed by atoms with van der Waals surface area (Å²) in [4.78, 5) is 11.6. The molecule has 0 aliphatic rings. The third kappa shape index (κ3) is 13.6. The van der Waals surface area contributed by atoms with E-state index >= 15 is 0 Å². The summed E-state index contributed by atoms with van der Waals surface area (Å²) < 4.78 is 32.3. The molecule has 32 heavy (non-hydrogen) atoms. The monoisotopic (exact) mass is 447 g/mol. The molecule has 0 aliphatic carbocycles. The number of alkyl carbamates (subject to hydrolysis) is 1. The van der Waals surface area contributed by atoms with Crippen molar-refractivity contribution in [1.29, 1.82) is 0 Å². The second kappa shape index (κ2) is 18.0. The van der Waals surface area contributed by atoms with Crippen LogP contribution in [0.1, 0.15) is 5.56 Å². The molecule has 8 heteroatoms. The van der Waals surface area contributed by atoms with Crippen LogP contribution >= 0.6 is 0 Å². The van der Waals surface area contributed by atoms with E-state index < -0.39 is 6.09 Å². The summed E-state index contributed by atoms with van der Waals surface area (Å²) in [5.41, 5.74) is 0.945. The number of carbonyl (C=O) groups excluding carboxylic acids is 1. The summed E-state index contributed by atoms with van der Waals surface area (Å²) in [5.74, 6) is 0.839. The third-order valence-electron chi connectivity index (χ3n) is 4.08. The Kier molecular flexibility index (Phi) is 14.4. The van der Waals surface area contributed by atoms with Gasteiger partial charge in [-0.25, -0.2) is 4.79 Å². The van der Waals surface area contributed by atoms with Crippen LogP contribution < -0.4 is 10.1 Å². The van der Waals surface area contributed by atoms with Gasteiger partial charge in [-0.2, -0.15) is 0 Å². The second-order valence-corrected chi connectivity index (χ2v) is 6.60. The zero-order chi connectivity index (χ0) is 22.5. The summed E-state index contributed by atoms with van der Waals surface area (Å²) >= 11 is 0. The van der Waals surface area contributed by atoms with Gasteiger partial charge in [0.05, 0.1) is 52.9 Å². The van der Waals surface area contributed by atoms with Gasteiger partial charge in [-0.05, 0) is 17.7 Å². The fraction of sp³-hybridized carbons (Fsp3) is 0.458. The quantitative estimate of drug-likeness (QED) is 0.352. The Morgan fingerprint density at radius 3 is 1.72 bits per heavy atom. The van der Waals surface area contributed by atoms with Crippen molar-refractivity contribution in [3.05, 3.63) is 66.2 Å². The van der Waals surface area contributed by atoms with E-state index in [2.05, 4.69) is 5.32 Å². The van der Waals surface area contributed by atoms with E-state index in [4.69, 9.17) is 28.4 Å². The molecule has 2 aromatic rings. The van der Waals surface area contributed by atoms with Crippen molar-refractivity contribution in [2.45, 2.75) is 6.61 Å². The summed E-state index contributed by atoms with van der Waals surface area (Å²) in [5, 5.41) is 2.64. The fourth-order valence-corrected chi connectivity index (χ4v) is 2.50. The average molecular weight is 448 g/mol. The Bertz CT molecular complexity index is 700. The molecule has 2 rings (SSSR count). The highest BCUT2D eigenvalue weighted by Crippen LogP contribution is 2.07. The summed E-state index contributed by atoms with van der Waals surface area (Å²) in [7, 11) is 0. The number of nitrogens with one attached hydrogen (secondary N) is 1. The van der Waals surface area contributed by atoms with Gasteiger partial charge in [0.15, 0.2) is 0 Å². The Labute approximate surface area is 189 Å². The van der Waals surface area contributed by atoms with Crippen molar-refractivity contribution < 1.29 is 33.2 Å². The van der Waals surface area contributed by atoms with Crippen LogP contribution in [0, 0.1) is 0 Å². The minimum atomic E-state index is -0.460. The summed E-state index contributed by atoms with van der Waals surface area (Å²) in [6.07, 6.45) is -0.460. The predicted molar refractivity (Wildman–Crippen MR) is 120 cm³/mol. The topological polar surface area (TPSA) is 84.5 Å². The molecule has 0 fully saturated rings. The van der Waals surface area contributed by atoms with Crippen molar-refractivity contribution in [2.75, 3.05) is 66.0 Å². The molecule has 0 unspecified atom stereocenters. The van der Waals surface area contributed by atoms with E-state index in [1.54, 1.807) is 0 Å². The van der Waals surface area contributed by atoms with Gasteiger partial charge in [0.2, 0.25) is 0 Å². The van der Waals surface area contributed by atoms with Gasteiger partial charge in [0, 0.05) is 6.54 Å². The van der Waals surface area contributed by atoms with Crippen LogP contribution in [-0.2, 0) is 30.3 Å². The van der Waals surface area contributed by atoms with E-state index in [9.17, 15) is 4.79 Å². The zero-order valence-corrected chi connectivity index (χ0v) is 18.4. The molecular weight excluding hydrogens is 414 g/mol. The van der Waals surface area contributed by atoms with Gasteiger partial charge in [0.1, 0.15) is 19.0 Å². The van der Waals surface area contributed by atoms with Crippen LogP contribution in [0.25, 0.3) is 0 Å². The molecule has 0 saturated carbocycles. The van der Waals surface area contributed by atoms with E-state index in [0.29, 0.717) is 66.0 Å². The third-order valence-corrected chi connectivity index (χ3v) is 4.08. The molecule has 2 aromatic carbocycles. The number of ether oxygens (including phenoxy) is 6. The van der Waals surface area contributed by atoms with Gasteiger partial charge in [-0.3, -0.25) is 0 Å². The average Bonchev–Trinajstić information content (AvgIpc) is 2.83. The Morgan fingerprint density at radius 1 is 0.625 bits per heavy atom. The molecule has 1 N–H and O–H groups in total. The largest absolute Gasteiger partial charge is 0.491 e. The first-order valence-electron chi connectivity index (χ1n) is 10.8. The zero-order valence-electron chi connectivity index (χ0n) is 18.4. The van der Waals surface area contributed by atoms with Crippen LogP contribution in [0.3, 0.4) is 0 Å². The molecule has 176 valence electrons. The maximum absolute atomic E-state index is 11.6. The summed E-state index contributed by atoms with van der Waals surface area (Å²) in [6, 6.07) is 19.2.